The molecule has 0 fully saturated rings. The maximum atomic E-state index is 11.3. The Labute approximate surface area is 95.5 Å². The second-order valence-corrected chi connectivity index (χ2v) is 4.53. The Balaban J connectivity index is 2.38. The zero-order chi connectivity index (χ0) is 11.8. The number of aliphatic carboxylic acids is 1. The summed E-state index contributed by atoms with van der Waals surface area (Å²) in [6, 6.07) is 6.18. The number of carboxylic acid groups (broad SMARTS) is 1. The highest BCUT2D eigenvalue weighted by Crippen LogP contribution is 2.33. The molecule has 2 N–H and O–H groups in total. The first-order valence-electron chi connectivity index (χ1n) is 5.68. The molecular formula is C13H17NO2. The summed E-state index contributed by atoms with van der Waals surface area (Å²) < 4.78 is 0. The Morgan fingerprint density at radius 3 is 2.94 bits per heavy atom. The third-order valence-corrected chi connectivity index (χ3v) is 3.47. The van der Waals surface area contributed by atoms with Crippen molar-refractivity contribution in [3.63, 3.8) is 0 Å². The third kappa shape index (κ3) is 1.66. The lowest BCUT2D eigenvalue weighted by Gasteiger charge is -2.35. The van der Waals surface area contributed by atoms with Gasteiger partial charge in [0.25, 0.3) is 0 Å². The van der Waals surface area contributed by atoms with Gasteiger partial charge < -0.3 is 10.4 Å². The summed E-state index contributed by atoms with van der Waals surface area (Å²) in [5.74, 6) is -0.748. The number of aryl methyl sites for hydroxylation is 2. The molecule has 1 aliphatic heterocycles. The molecule has 0 aliphatic carbocycles. The Bertz CT molecular complexity index is 428. The number of benzene rings is 1. The fraction of sp³-hybridized carbons (Fsp3) is 0.462. The van der Waals surface area contributed by atoms with Crippen LogP contribution in [0, 0.1) is 6.92 Å². The summed E-state index contributed by atoms with van der Waals surface area (Å²) >= 11 is 0. The van der Waals surface area contributed by atoms with E-state index in [1.54, 1.807) is 0 Å². The third-order valence-electron chi connectivity index (χ3n) is 3.47. The van der Waals surface area contributed by atoms with Crippen molar-refractivity contribution >= 4 is 11.7 Å². The molecule has 1 aromatic rings. The van der Waals surface area contributed by atoms with Crippen molar-refractivity contribution < 1.29 is 9.90 Å². The van der Waals surface area contributed by atoms with E-state index in [0.717, 1.165) is 17.7 Å². The predicted molar refractivity (Wildman–Crippen MR) is 63.8 cm³/mol. The fourth-order valence-electron chi connectivity index (χ4n) is 2.27. The second kappa shape index (κ2) is 3.81. The number of nitrogens with one attached hydrogen (secondary N) is 1. The number of carboxylic acids is 1. The van der Waals surface area contributed by atoms with E-state index in [1.165, 1.54) is 5.56 Å². The van der Waals surface area contributed by atoms with Crippen molar-refractivity contribution in [2.75, 3.05) is 5.32 Å². The molecule has 2 rings (SSSR count). The van der Waals surface area contributed by atoms with Crippen LogP contribution in [0.2, 0.25) is 0 Å². The van der Waals surface area contributed by atoms with E-state index in [4.69, 9.17) is 0 Å². The molecular weight excluding hydrogens is 202 g/mol. The first kappa shape index (κ1) is 11.0. The number of rotatable bonds is 2. The van der Waals surface area contributed by atoms with Crippen molar-refractivity contribution in [3.05, 3.63) is 29.3 Å². The highest BCUT2D eigenvalue weighted by Gasteiger charge is 2.39. The molecule has 1 aromatic carbocycles. The minimum atomic E-state index is -0.777. The summed E-state index contributed by atoms with van der Waals surface area (Å²) in [5, 5.41) is 12.5. The molecule has 1 unspecified atom stereocenters. The van der Waals surface area contributed by atoms with Gasteiger partial charge in [0.15, 0.2) is 0 Å². The van der Waals surface area contributed by atoms with Gasteiger partial charge in [-0.25, -0.2) is 4.79 Å². The topological polar surface area (TPSA) is 49.3 Å². The summed E-state index contributed by atoms with van der Waals surface area (Å²) in [5.41, 5.74) is 2.58. The zero-order valence-corrected chi connectivity index (χ0v) is 9.71. The van der Waals surface area contributed by atoms with Gasteiger partial charge in [0.2, 0.25) is 0 Å². The number of fused-ring (bicyclic) bond motifs is 1. The molecule has 0 radical (unpaired) electrons. The standard InChI is InChI=1S/C13H17NO2/c1-3-13(12(15)16)7-6-10-5-4-9(2)8-11(10)14-13/h4-5,8,14H,3,6-7H2,1-2H3,(H,15,16). The number of carbonyl (C=O) groups is 1. The Hall–Kier alpha value is -1.51. The van der Waals surface area contributed by atoms with Gasteiger partial charge in [-0.15, -0.1) is 0 Å². The monoisotopic (exact) mass is 219 g/mol. The van der Waals surface area contributed by atoms with Crippen LogP contribution in [0.5, 0.6) is 0 Å². The molecule has 0 amide bonds. The number of anilines is 1. The second-order valence-electron chi connectivity index (χ2n) is 4.53. The average molecular weight is 219 g/mol. The molecule has 1 heterocycles. The van der Waals surface area contributed by atoms with Crippen LogP contribution in [0.4, 0.5) is 5.69 Å². The van der Waals surface area contributed by atoms with E-state index in [0.29, 0.717) is 12.8 Å². The minimum absolute atomic E-state index is 0.607. The average Bonchev–Trinajstić information content (AvgIpc) is 2.27. The predicted octanol–water partition coefficient (Wildman–Crippen LogP) is 2.59. The summed E-state index contributed by atoms with van der Waals surface area (Å²) in [4.78, 5) is 11.3. The molecule has 3 nitrogen and oxygen atoms in total. The highest BCUT2D eigenvalue weighted by atomic mass is 16.4. The quantitative estimate of drug-likeness (QED) is 0.803. The van der Waals surface area contributed by atoms with E-state index < -0.39 is 11.5 Å². The van der Waals surface area contributed by atoms with Crippen LogP contribution in [0.15, 0.2) is 18.2 Å². The van der Waals surface area contributed by atoms with Crippen molar-refractivity contribution in [2.45, 2.75) is 38.6 Å². The van der Waals surface area contributed by atoms with Crippen LogP contribution in [0.3, 0.4) is 0 Å². The van der Waals surface area contributed by atoms with Crippen LogP contribution in [-0.2, 0) is 11.2 Å². The van der Waals surface area contributed by atoms with Crippen LogP contribution in [0.1, 0.15) is 30.9 Å². The molecule has 0 saturated heterocycles. The van der Waals surface area contributed by atoms with Gasteiger partial charge in [0.05, 0.1) is 0 Å². The summed E-state index contributed by atoms with van der Waals surface area (Å²) in [7, 11) is 0. The lowest BCUT2D eigenvalue weighted by atomic mass is 9.84. The molecule has 1 aliphatic rings. The minimum Gasteiger partial charge on any atom is -0.480 e. The fourth-order valence-corrected chi connectivity index (χ4v) is 2.27. The van der Waals surface area contributed by atoms with Gasteiger partial charge in [0.1, 0.15) is 5.54 Å². The lowest BCUT2D eigenvalue weighted by molar-refractivity contribution is -0.142. The van der Waals surface area contributed by atoms with Crippen molar-refractivity contribution in [3.8, 4) is 0 Å². The maximum Gasteiger partial charge on any atom is 0.329 e. The number of hydrogen-bond donors (Lipinski definition) is 2. The molecule has 3 heteroatoms. The Morgan fingerprint density at radius 2 is 2.31 bits per heavy atom. The molecule has 0 saturated carbocycles. The highest BCUT2D eigenvalue weighted by molar-refractivity contribution is 5.84. The molecule has 0 spiro atoms. The summed E-state index contributed by atoms with van der Waals surface area (Å²) in [6.45, 7) is 3.94. The van der Waals surface area contributed by atoms with Gasteiger partial charge >= 0.3 is 5.97 Å². The van der Waals surface area contributed by atoms with Crippen LogP contribution in [0.25, 0.3) is 0 Å². The lowest BCUT2D eigenvalue weighted by Crippen LogP contribution is -2.48. The van der Waals surface area contributed by atoms with E-state index in [2.05, 4.69) is 17.4 Å². The van der Waals surface area contributed by atoms with Gasteiger partial charge in [0, 0.05) is 5.69 Å². The molecule has 0 aromatic heterocycles. The largest absolute Gasteiger partial charge is 0.480 e. The molecule has 16 heavy (non-hydrogen) atoms. The number of hydrogen-bond acceptors (Lipinski definition) is 2. The van der Waals surface area contributed by atoms with Crippen LogP contribution >= 0.6 is 0 Å². The van der Waals surface area contributed by atoms with Crippen LogP contribution in [-0.4, -0.2) is 16.6 Å². The Kier molecular flexibility index (Phi) is 2.62. The first-order chi connectivity index (χ1) is 7.57. The van der Waals surface area contributed by atoms with Crippen LogP contribution < -0.4 is 5.32 Å². The van der Waals surface area contributed by atoms with Crippen molar-refractivity contribution in [2.24, 2.45) is 0 Å². The normalized spacial score (nSPS) is 23.4. The van der Waals surface area contributed by atoms with Gasteiger partial charge in [-0.1, -0.05) is 19.1 Å². The van der Waals surface area contributed by atoms with E-state index >= 15 is 0 Å². The maximum absolute atomic E-state index is 11.3. The molecule has 0 bridgehead atoms. The van der Waals surface area contributed by atoms with E-state index in [1.807, 2.05) is 19.9 Å². The van der Waals surface area contributed by atoms with Gasteiger partial charge in [-0.05, 0) is 43.4 Å². The first-order valence-corrected chi connectivity index (χ1v) is 5.68. The van der Waals surface area contributed by atoms with E-state index in [9.17, 15) is 9.90 Å². The summed E-state index contributed by atoms with van der Waals surface area (Å²) in [6.07, 6.45) is 2.10. The van der Waals surface area contributed by atoms with Gasteiger partial charge in [-0.2, -0.15) is 0 Å². The van der Waals surface area contributed by atoms with E-state index in [-0.39, 0.29) is 0 Å². The zero-order valence-electron chi connectivity index (χ0n) is 9.71. The smallest absolute Gasteiger partial charge is 0.329 e. The molecule has 1 atom stereocenters. The SMILES string of the molecule is CCC1(C(=O)O)CCc2ccc(C)cc2N1. The van der Waals surface area contributed by atoms with Gasteiger partial charge in [-0.3, -0.25) is 0 Å². The van der Waals surface area contributed by atoms with Crippen molar-refractivity contribution in [1.29, 1.82) is 0 Å². The molecule has 86 valence electrons. The Morgan fingerprint density at radius 1 is 1.56 bits per heavy atom. The van der Waals surface area contributed by atoms with Crippen molar-refractivity contribution in [1.82, 2.24) is 0 Å².